The number of nitrogens with one attached hydrogen (secondary N) is 1. The lowest BCUT2D eigenvalue weighted by Gasteiger charge is -2.12. The van der Waals surface area contributed by atoms with Crippen LogP contribution in [0.25, 0.3) is 0 Å². The largest absolute Gasteiger partial charge is 0.387 e. The van der Waals surface area contributed by atoms with Gasteiger partial charge in [0, 0.05) is 24.7 Å². The normalized spacial score (nSPS) is 12.8. The Morgan fingerprint density at radius 3 is 2.94 bits per heavy atom. The Morgan fingerprint density at radius 1 is 1.56 bits per heavy atom. The van der Waals surface area contributed by atoms with Crippen molar-refractivity contribution in [2.75, 3.05) is 26.8 Å². The number of aliphatic hydroxyl groups excluding tert-OH is 1. The van der Waals surface area contributed by atoms with E-state index in [1.807, 2.05) is 12.1 Å². The van der Waals surface area contributed by atoms with Crippen LogP contribution >= 0.6 is 27.5 Å². The summed E-state index contributed by atoms with van der Waals surface area (Å²) in [5, 5.41) is 13.6. The molecule has 0 aromatic heterocycles. The number of hydrogen-bond acceptors (Lipinski definition) is 3. The fraction of sp³-hybridized carbons (Fsp3) is 0.455. The van der Waals surface area contributed by atoms with Crippen LogP contribution in [0.3, 0.4) is 0 Å². The third-order valence-electron chi connectivity index (χ3n) is 2.15. The van der Waals surface area contributed by atoms with Crippen LogP contribution in [0.5, 0.6) is 0 Å². The minimum atomic E-state index is -0.537. The van der Waals surface area contributed by atoms with Crippen LogP contribution in [-0.2, 0) is 4.74 Å². The molecule has 5 heteroatoms. The summed E-state index contributed by atoms with van der Waals surface area (Å²) in [6, 6.07) is 5.40. The lowest BCUT2D eigenvalue weighted by Crippen LogP contribution is -2.24. The Labute approximate surface area is 109 Å². The molecule has 1 atom stereocenters. The van der Waals surface area contributed by atoms with E-state index in [4.69, 9.17) is 16.3 Å². The van der Waals surface area contributed by atoms with Crippen LogP contribution in [0.15, 0.2) is 22.7 Å². The van der Waals surface area contributed by atoms with Gasteiger partial charge in [0.15, 0.2) is 0 Å². The second-order valence-electron chi connectivity index (χ2n) is 3.39. The van der Waals surface area contributed by atoms with Crippen molar-refractivity contribution in [2.45, 2.75) is 6.10 Å². The summed E-state index contributed by atoms with van der Waals surface area (Å²) in [4.78, 5) is 0. The first-order valence-corrected chi connectivity index (χ1v) is 6.15. The predicted octanol–water partition coefficient (Wildman–Crippen LogP) is 2.37. The van der Waals surface area contributed by atoms with E-state index in [-0.39, 0.29) is 0 Å². The molecule has 1 aromatic rings. The molecular weight excluding hydrogens is 293 g/mol. The zero-order valence-corrected chi connectivity index (χ0v) is 11.4. The van der Waals surface area contributed by atoms with Gasteiger partial charge in [-0.3, -0.25) is 0 Å². The summed E-state index contributed by atoms with van der Waals surface area (Å²) < 4.78 is 5.69. The Bertz CT molecular complexity index is 336. The highest BCUT2D eigenvalue weighted by atomic mass is 79.9. The van der Waals surface area contributed by atoms with Gasteiger partial charge in [-0.05, 0) is 33.6 Å². The summed E-state index contributed by atoms with van der Waals surface area (Å²) in [5.41, 5.74) is 0.834. The van der Waals surface area contributed by atoms with E-state index in [0.29, 0.717) is 18.2 Å². The molecule has 16 heavy (non-hydrogen) atoms. The number of rotatable bonds is 6. The third-order valence-corrected chi connectivity index (χ3v) is 3.36. The second kappa shape index (κ2) is 7.25. The standard InChI is InChI=1S/C11H15BrClNO2/c1-16-5-4-14-7-11(15)8-2-3-10(13)9(12)6-8/h2-3,6,11,14-15H,4-5,7H2,1H3. The van der Waals surface area contributed by atoms with Crippen molar-refractivity contribution in [1.82, 2.24) is 5.32 Å². The van der Waals surface area contributed by atoms with Gasteiger partial charge < -0.3 is 15.2 Å². The summed E-state index contributed by atoms with van der Waals surface area (Å²) in [7, 11) is 1.65. The van der Waals surface area contributed by atoms with Crippen molar-refractivity contribution >= 4 is 27.5 Å². The number of methoxy groups -OCH3 is 1. The van der Waals surface area contributed by atoms with Crippen LogP contribution in [0.1, 0.15) is 11.7 Å². The molecule has 1 aromatic carbocycles. The van der Waals surface area contributed by atoms with Crippen LogP contribution < -0.4 is 5.32 Å². The molecule has 0 fully saturated rings. The minimum Gasteiger partial charge on any atom is -0.387 e. The molecule has 3 nitrogen and oxygen atoms in total. The van der Waals surface area contributed by atoms with Crippen molar-refractivity contribution in [3.8, 4) is 0 Å². The number of halogens is 2. The molecule has 0 bridgehead atoms. The van der Waals surface area contributed by atoms with E-state index in [1.54, 1.807) is 13.2 Å². The molecule has 0 radical (unpaired) electrons. The van der Waals surface area contributed by atoms with E-state index in [0.717, 1.165) is 16.6 Å². The first-order chi connectivity index (χ1) is 7.65. The maximum absolute atomic E-state index is 9.87. The van der Waals surface area contributed by atoms with E-state index in [1.165, 1.54) is 0 Å². The Hall–Kier alpha value is -0.130. The average molecular weight is 309 g/mol. The molecule has 0 aliphatic carbocycles. The fourth-order valence-corrected chi connectivity index (χ4v) is 1.76. The number of benzene rings is 1. The topological polar surface area (TPSA) is 41.5 Å². The van der Waals surface area contributed by atoms with Gasteiger partial charge in [0.1, 0.15) is 0 Å². The van der Waals surface area contributed by atoms with Crippen molar-refractivity contribution < 1.29 is 9.84 Å². The van der Waals surface area contributed by atoms with E-state index >= 15 is 0 Å². The van der Waals surface area contributed by atoms with Crippen LogP contribution in [-0.4, -0.2) is 31.9 Å². The van der Waals surface area contributed by atoms with Gasteiger partial charge in [-0.2, -0.15) is 0 Å². The second-order valence-corrected chi connectivity index (χ2v) is 4.65. The molecule has 0 amide bonds. The maximum atomic E-state index is 9.87. The monoisotopic (exact) mass is 307 g/mol. The zero-order chi connectivity index (χ0) is 12.0. The molecule has 0 saturated heterocycles. The van der Waals surface area contributed by atoms with Gasteiger partial charge in [0.25, 0.3) is 0 Å². The number of hydrogen-bond donors (Lipinski definition) is 2. The van der Waals surface area contributed by atoms with Crippen LogP contribution in [0.2, 0.25) is 5.02 Å². The average Bonchev–Trinajstić information content (AvgIpc) is 2.28. The molecule has 0 aliphatic rings. The molecule has 1 unspecified atom stereocenters. The van der Waals surface area contributed by atoms with Crippen molar-refractivity contribution in [1.29, 1.82) is 0 Å². The Kier molecular flexibility index (Phi) is 6.31. The Morgan fingerprint density at radius 2 is 2.31 bits per heavy atom. The highest BCUT2D eigenvalue weighted by molar-refractivity contribution is 9.10. The van der Waals surface area contributed by atoms with Crippen LogP contribution in [0.4, 0.5) is 0 Å². The highest BCUT2D eigenvalue weighted by Crippen LogP contribution is 2.25. The van der Waals surface area contributed by atoms with E-state index in [9.17, 15) is 5.11 Å². The van der Waals surface area contributed by atoms with Gasteiger partial charge in [-0.1, -0.05) is 17.7 Å². The smallest absolute Gasteiger partial charge is 0.0914 e. The highest BCUT2D eigenvalue weighted by Gasteiger charge is 2.08. The molecule has 1 rings (SSSR count). The quantitative estimate of drug-likeness (QED) is 0.793. The fourth-order valence-electron chi connectivity index (χ4n) is 1.25. The predicted molar refractivity (Wildman–Crippen MR) is 68.9 cm³/mol. The summed E-state index contributed by atoms with van der Waals surface area (Å²) >= 11 is 9.19. The SMILES string of the molecule is COCCNCC(O)c1ccc(Cl)c(Br)c1. The first kappa shape index (κ1) is 13.9. The molecule has 2 N–H and O–H groups in total. The Balaban J connectivity index is 2.46. The van der Waals surface area contributed by atoms with Gasteiger partial charge >= 0.3 is 0 Å². The zero-order valence-electron chi connectivity index (χ0n) is 9.04. The van der Waals surface area contributed by atoms with Gasteiger partial charge in [-0.25, -0.2) is 0 Å². The summed E-state index contributed by atoms with van der Waals surface area (Å²) in [5.74, 6) is 0. The van der Waals surface area contributed by atoms with Gasteiger partial charge in [-0.15, -0.1) is 0 Å². The molecule has 0 heterocycles. The van der Waals surface area contributed by atoms with Crippen LogP contribution in [0, 0.1) is 0 Å². The van der Waals surface area contributed by atoms with Crippen molar-refractivity contribution in [3.63, 3.8) is 0 Å². The molecule has 0 aliphatic heterocycles. The molecule has 90 valence electrons. The molecular formula is C11H15BrClNO2. The third kappa shape index (κ3) is 4.39. The van der Waals surface area contributed by atoms with Gasteiger partial charge in [0.05, 0.1) is 17.7 Å². The number of ether oxygens (including phenoxy) is 1. The van der Waals surface area contributed by atoms with Crippen molar-refractivity contribution in [3.05, 3.63) is 33.3 Å². The van der Waals surface area contributed by atoms with E-state index in [2.05, 4.69) is 21.2 Å². The summed E-state index contributed by atoms with van der Waals surface area (Å²) in [6.45, 7) is 1.86. The maximum Gasteiger partial charge on any atom is 0.0914 e. The van der Waals surface area contributed by atoms with Gasteiger partial charge in [0.2, 0.25) is 0 Å². The lowest BCUT2D eigenvalue weighted by molar-refractivity contribution is 0.161. The minimum absolute atomic E-state index is 0.497. The lowest BCUT2D eigenvalue weighted by atomic mass is 10.1. The number of aliphatic hydroxyl groups is 1. The van der Waals surface area contributed by atoms with Crippen molar-refractivity contribution in [2.24, 2.45) is 0 Å². The van der Waals surface area contributed by atoms with E-state index < -0.39 is 6.10 Å². The molecule has 0 spiro atoms. The first-order valence-electron chi connectivity index (χ1n) is 4.98. The summed E-state index contributed by atoms with van der Waals surface area (Å²) in [6.07, 6.45) is -0.537. The molecule has 0 saturated carbocycles.